The second-order valence-corrected chi connectivity index (χ2v) is 7.05. The van der Waals surface area contributed by atoms with Crippen LogP contribution in [0.25, 0.3) is 5.57 Å². The number of hydrogen-bond acceptors (Lipinski definition) is 5. The molecule has 1 N–H and O–H groups in total. The summed E-state index contributed by atoms with van der Waals surface area (Å²) in [5.41, 5.74) is 1.54. The molecule has 0 saturated heterocycles. The van der Waals surface area contributed by atoms with Gasteiger partial charge in [-0.1, -0.05) is 29.8 Å². The SMILES string of the molecule is CN(CCO)C1=C(c2cccs2)C(=O)N(Cc2ccc(Cl)cc2)C1=O. The van der Waals surface area contributed by atoms with Crippen LogP contribution in [0.15, 0.2) is 47.5 Å². The number of rotatable bonds is 6. The first-order chi connectivity index (χ1) is 12.0. The minimum absolute atomic E-state index is 0.101. The molecule has 0 bridgehead atoms. The summed E-state index contributed by atoms with van der Waals surface area (Å²) in [6.45, 7) is 0.356. The highest BCUT2D eigenvalue weighted by Gasteiger charge is 2.41. The van der Waals surface area contributed by atoms with E-state index in [1.54, 1.807) is 36.2 Å². The van der Waals surface area contributed by atoms with Crippen molar-refractivity contribution in [3.05, 3.63) is 62.9 Å². The van der Waals surface area contributed by atoms with Crippen molar-refractivity contribution >= 4 is 40.3 Å². The van der Waals surface area contributed by atoms with Gasteiger partial charge in [0.1, 0.15) is 5.70 Å². The third-order valence-electron chi connectivity index (χ3n) is 3.98. The van der Waals surface area contributed by atoms with E-state index in [0.717, 1.165) is 10.4 Å². The first-order valence-corrected chi connectivity index (χ1v) is 8.99. The summed E-state index contributed by atoms with van der Waals surface area (Å²) in [4.78, 5) is 29.5. The molecule has 7 heteroatoms. The molecule has 2 heterocycles. The van der Waals surface area contributed by atoms with Crippen molar-refractivity contribution in [3.63, 3.8) is 0 Å². The van der Waals surface area contributed by atoms with Crippen LogP contribution in [0.1, 0.15) is 10.4 Å². The number of aliphatic hydroxyl groups excluding tert-OH is 1. The van der Waals surface area contributed by atoms with Gasteiger partial charge >= 0.3 is 0 Å². The zero-order valence-corrected chi connectivity index (χ0v) is 15.2. The molecular formula is C18H17ClN2O3S. The van der Waals surface area contributed by atoms with E-state index in [-0.39, 0.29) is 31.5 Å². The van der Waals surface area contributed by atoms with E-state index in [0.29, 0.717) is 16.3 Å². The minimum Gasteiger partial charge on any atom is -0.395 e. The Balaban J connectivity index is 1.96. The summed E-state index contributed by atoms with van der Waals surface area (Å²) in [5, 5.41) is 11.7. The number of nitrogens with zero attached hydrogens (tertiary/aromatic N) is 2. The van der Waals surface area contributed by atoms with Crippen molar-refractivity contribution in [1.82, 2.24) is 9.80 Å². The van der Waals surface area contributed by atoms with E-state index in [9.17, 15) is 14.7 Å². The molecule has 5 nitrogen and oxygen atoms in total. The lowest BCUT2D eigenvalue weighted by Crippen LogP contribution is -2.34. The van der Waals surface area contributed by atoms with Crippen molar-refractivity contribution in [2.75, 3.05) is 20.2 Å². The number of likely N-dealkylation sites (N-methyl/N-ethyl adjacent to an activating group) is 1. The quantitative estimate of drug-likeness (QED) is 0.787. The van der Waals surface area contributed by atoms with E-state index < -0.39 is 0 Å². The van der Waals surface area contributed by atoms with Gasteiger partial charge in [0.2, 0.25) is 0 Å². The van der Waals surface area contributed by atoms with Gasteiger partial charge in [0, 0.05) is 23.5 Å². The van der Waals surface area contributed by atoms with Crippen LogP contribution in [-0.2, 0) is 16.1 Å². The molecule has 1 aromatic carbocycles. The van der Waals surface area contributed by atoms with Crippen LogP contribution >= 0.6 is 22.9 Å². The van der Waals surface area contributed by atoms with Gasteiger partial charge in [0.25, 0.3) is 11.8 Å². The van der Waals surface area contributed by atoms with Gasteiger partial charge in [-0.25, -0.2) is 0 Å². The molecule has 2 aromatic rings. The van der Waals surface area contributed by atoms with Gasteiger partial charge in [0.05, 0.1) is 18.7 Å². The molecule has 0 fully saturated rings. The normalized spacial score (nSPS) is 14.6. The molecule has 1 aliphatic heterocycles. The zero-order chi connectivity index (χ0) is 18.0. The second-order valence-electron chi connectivity index (χ2n) is 5.67. The van der Waals surface area contributed by atoms with Gasteiger partial charge in [0.15, 0.2) is 0 Å². The number of amides is 2. The Kier molecular flexibility index (Phi) is 5.22. The van der Waals surface area contributed by atoms with Crippen molar-refractivity contribution < 1.29 is 14.7 Å². The Labute approximate surface area is 154 Å². The average molecular weight is 377 g/mol. The maximum atomic E-state index is 12.9. The van der Waals surface area contributed by atoms with Gasteiger partial charge in [-0.15, -0.1) is 11.3 Å². The maximum absolute atomic E-state index is 12.9. The molecule has 2 amide bonds. The lowest BCUT2D eigenvalue weighted by molar-refractivity contribution is -0.138. The monoisotopic (exact) mass is 376 g/mol. The number of aliphatic hydroxyl groups is 1. The molecule has 3 rings (SSSR count). The number of benzene rings is 1. The van der Waals surface area contributed by atoms with E-state index in [2.05, 4.69) is 0 Å². The molecule has 130 valence electrons. The summed E-state index contributed by atoms with van der Waals surface area (Å²) in [5.74, 6) is -0.665. The smallest absolute Gasteiger partial charge is 0.278 e. The van der Waals surface area contributed by atoms with Gasteiger partial charge in [-0.05, 0) is 29.1 Å². The molecule has 0 unspecified atom stereocenters. The number of hydrogen-bond donors (Lipinski definition) is 1. The highest BCUT2D eigenvalue weighted by atomic mass is 35.5. The molecule has 0 radical (unpaired) electrons. The van der Waals surface area contributed by atoms with Crippen LogP contribution in [-0.4, -0.2) is 46.9 Å². The lowest BCUT2D eigenvalue weighted by Gasteiger charge is -2.20. The topological polar surface area (TPSA) is 60.9 Å². The van der Waals surface area contributed by atoms with E-state index in [1.165, 1.54) is 16.2 Å². The van der Waals surface area contributed by atoms with E-state index in [1.807, 2.05) is 17.5 Å². The molecule has 1 aromatic heterocycles. The maximum Gasteiger partial charge on any atom is 0.278 e. The van der Waals surface area contributed by atoms with Crippen LogP contribution in [0.2, 0.25) is 5.02 Å². The predicted octanol–water partition coefficient (Wildman–Crippen LogP) is 2.61. The molecular weight excluding hydrogens is 360 g/mol. The number of halogens is 1. The van der Waals surface area contributed by atoms with Crippen molar-refractivity contribution in [2.24, 2.45) is 0 Å². The summed E-state index contributed by atoms with van der Waals surface area (Å²) in [6.07, 6.45) is 0. The lowest BCUT2D eigenvalue weighted by atomic mass is 10.1. The van der Waals surface area contributed by atoms with Crippen LogP contribution < -0.4 is 0 Å². The molecule has 0 spiro atoms. The molecule has 1 aliphatic rings. The number of imide groups is 1. The molecule has 25 heavy (non-hydrogen) atoms. The highest BCUT2D eigenvalue weighted by Crippen LogP contribution is 2.34. The average Bonchev–Trinajstić information content (AvgIpc) is 3.19. The predicted molar refractivity (Wildman–Crippen MR) is 98.0 cm³/mol. The minimum atomic E-state index is -0.348. The Morgan fingerprint density at radius 3 is 2.48 bits per heavy atom. The number of carbonyl (C=O) groups is 2. The Hall–Kier alpha value is -2.15. The molecule has 0 saturated carbocycles. The summed E-state index contributed by atoms with van der Waals surface area (Å²) < 4.78 is 0. The third-order valence-corrected chi connectivity index (χ3v) is 5.12. The molecule has 0 aliphatic carbocycles. The van der Waals surface area contributed by atoms with Crippen molar-refractivity contribution in [3.8, 4) is 0 Å². The summed E-state index contributed by atoms with van der Waals surface area (Å²) >= 11 is 7.30. The first-order valence-electron chi connectivity index (χ1n) is 7.73. The van der Waals surface area contributed by atoms with Crippen LogP contribution in [0, 0.1) is 0 Å². The van der Waals surface area contributed by atoms with E-state index >= 15 is 0 Å². The fourth-order valence-electron chi connectivity index (χ4n) is 2.74. The van der Waals surface area contributed by atoms with Gasteiger partial charge in [-0.2, -0.15) is 0 Å². The molecule has 0 atom stereocenters. The van der Waals surface area contributed by atoms with Crippen LogP contribution in [0.5, 0.6) is 0 Å². The van der Waals surface area contributed by atoms with Crippen molar-refractivity contribution in [1.29, 1.82) is 0 Å². The van der Waals surface area contributed by atoms with Crippen LogP contribution in [0.4, 0.5) is 0 Å². The zero-order valence-electron chi connectivity index (χ0n) is 13.6. The fraction of sp³-hybridized carbons (Fsp3) is 0.222. The fourth-order valence-corrected chi connectivity index (χ4v) is 3.63. The number of thiophene rings is 1. The summed E-state index contributed by atoms with van der Waals surface area (Å²) in [6, 6.07) is 10.7. The van der Waals surface area contributed by atoms with Gasteiger partial charge < -0.3 is 10.0 Å². The first kappa shape index (κ1) is 17.7. The number of carbonyl (C=O) groups excluding carboxylic acids is 2. The van der Waals surface area contributed by atoms with Gasteiger partial charge in [-0.3, -0.25) is 14.5 Å². The van der Waals surface area contributed by atoms with Crippen molar-refractivity contribution in [2.45, 2.75) is 6.54 Å². The Bertz CT molecular complexity index is 815. The standard InChI is InChI=1S/C18H17ClN2O3S/c1-20(8-9-22)16-15(14-3-2-10-25-14)17(23)21(18(16)24)11-12-4-6-13(19)7-5-12/h2-7,10,22H,8-9,11H2,1H3. The second kappa shape index (κ2) is 7.39. The largest absolute Gasteiger partial charge is 0.395 e. The van der Waals surface area contributed by atoms with Crippen LogP contribution in [0.3, 0.4) is 0 Å². The Morgan fingerprint density at radius 2 is 1.88 bits per heavy atom. The summed E-state index contributed by atoms with van der Waals surface area (Å²) in [7, 11) is 1.70. The highest BCUT2D eigenvalue weighted by molar-refractivity contribution is 7.11. The van der Waals surface area contributed by atoms with E-state index in [4.69, 9.17) is 11.6 Å². The third kappa shape index (κ3) is 3.46. The Morgan fingerprint density at radius 1 is 1.16 bits per heavy atom.